The molecule has 0 unspecified atom stereocenters. The Morgan fingerprint density at radius 3 is 2.83 bits per heavy atom. The van der Waals surface area contributed by atoms with E-state index in [1.807, 2.05) is 13.0 Å². The third kappa shape index (κ3) is 1.97. The first-order valence-electron chi connectivity index (χ1n) is 5.96. The van der Waals surface area contributed by atoms with Crippen molar-refractivity contribution in [1.82, 2.24) is 4.37 Å². The van der Waals surface area contributed by atoms with Crippen molar-refractivity contribution in [2.75, 3.05) is 6.61 Å². The minimum atomic E-state index is 0.651. The fraction of sp³-hybridized carbons (Fsp3) is 0.133. The van der Waals surface area contributed by atoms with Crippen LogP contribution in [0.15, 0.2) is 48.5 Å². The molecule has 0 aliphatic heterocycles. The molecule has 0 radical (unpaired) electrons. The average molecular weight is 255 g/mol. The van der Waals surface area contributed by atoms with Gasteiger partial charge < -0.3 is 4.74 Å². The largest absolute Gasteiger partial charge is 0.477 e. The highest BCUT2D eigenvalue weighted by Gasteiger charge is 2.08. The van der Waals surface area contributed by atoms with E-state index in [9.17, 15) is 0 Å². The van der Waals surface area contributed by atoms with Gasteiger partial charge in [0.25, 0.3) is 0 Å². The van der Waals surface area contributed by atoms with E-state index in [4.69, 9.17) is 4.74 Å². The Balaban J connectivity index is 2.12. The summed E-state index contributed by atoms with van der Waals surface area (Å²) in [6.07, 6.45) is 0. The van der Waals surface area contributed by atoms with Gasteiger partial charge in [-0.2, -0.15) is 4.37 Å². The zero-order valence-corrected chi connectivity index (χ0v) is 10.9. The third-order valence-electron chi connectivity index (χ3n) is 2.84. The zero-order chi connectivity index (χ0) is 12.4. The van der Waals surface area contributed by atoms with Crippen molar-refractivity contribution in [3.63, 3.8) is 0 Å². The summed E-state index contributed by atoms with van der Waals surface area (Å²) in [6, 6.07) is 16.7. The van der Waals surface area contributed by atoms with Gasteiger partial charge in [-0.3, -0.25) is 0 Å². The van der Waals surface area contributed by atoms with Crippen molar-refractivity contribution in [3.05, 3.63) is 48.5 Å². The van der Waals surface area contributed by atoms with Crippen LogP contribution >= 0.6 is 11.5 Å². The zero-order valence-electron chi connectivity index (χ0n) is 10.1. The van der Waals surface area contributed by atoms with Crippen molar-refractivity contribution in [3.8, 4) is 16.3 Å². The predicted molar refractivity (Wildman–Crippen MR) is 76.2 cm³/mol. The summed E-state index contributed by atoms with van der Waals surface area (Å²) in [4.78, 5) is 1.15. The molecule has 0 saturated carbocycles. The summed E-state index contributed by atoms with van der Waals surface area (Å²) in [5, 5.41) is 2.51. The first-order valence-corrected chi connectivity index (χ1v) is 6.73. The van der Waals surface area contributed by atoms with E-state index in [1.165, 1.54) is 27.9 Å². The Hall–Kier alpha value is -1.87. The average Bonchev–Trinajstić information content (AvgIpc) is 2.87. The van der Waals surface area contributed by atoms with Crippen LogP contribution < -0.4 is 4.74 Å². The van der Waals surface area contributed by atoms with Crippen LogP contribution in [0.3, 0.4) is 0 Å². The van der Waals surface area contributed by atoms with Crippen molar-refractivity contribution in [2.45, 2.75) is 6.92 Å². The summed E-state index contributed by atoms with van der Waals surface area (Å²) in [7, 11) is 0. The van der Waals surface area contributed by atoms with Gasteiger partial charge in [0.15, 0.2) is 0 Å². The predicted octanol–water partition coefficient (Wildman–Crippen LogP) is 4.36. The molecular weight excluding hydrogens is 242 g/mol. The molecule has 1 heterocycles. The Labute approximate surface area is 110 Å². The maximum atomic E-state index is 5.42. The molecule has 0 aliphatic carbocycles. The molecule has 0 spiro atoms. The fourth-order valence-electron chi connectivity index (χ4n) is 2.04. The van der Waals surface area contributed by atoms with Gasteiger partial charge in [-0.25, -0.2) is 0 Å². The molecule has 1 aromatic heterocycles. The maximum absolute atomic E-state index is 5.42. The van der Waals surface area contributed by atoms with Crippen LogP contribution in [0.1, 0.15) is 6.92 Å². The summed E-state index contributed by atoms with van der Waals surface area (Å²) < 4.78 is 9.73. The number of benzene rings is 2. The Morgan fingerprint density at radius 1 is 1.11 bits per heavy atom. The normalized spacial score (nSPS) is 10.7. The molecule has 2 nitrogen and oxygen atoms in total. The molecule has 0 aliphatic rings. The highest BCUT2D eigenvalue weighted by Crippen LogP contribution is 2.33. The summed E-state index contributed by atoms with van der Waals surface area (Å²) >= 11 is 1.48. The Bertz CT molecular complexity index is 670. The lowest BCUT2D eigenvalue weighted by Gasteiger charge is -2.03. The lowest BCUT2D eigenvalue weighted by atomic mass is 10.0. The number of aromatic nitrogens is 1. The lowest BCUT2D eigenvalue weighted by molar-refractivity contribution is 0.330. The molecule has 3 aromatic rings. The van der Waals surface area contributed by atoms with Gasteiger partial charge in [0.1, 0.15) is 0 Å². The van der Waals surface area contributed by atoms with Gasteiger partial charge >= 0.3 is 0 Å². The van der Waals surface area contributed by atoms with Crippen LogP contribution in [0.4, 0.5) is 0 Å². The van der Waals surface area contributed by atoms with Crippen molar-refractivity contribution < 1.29 is 4.74 Å². The number of fused-ring (bicyclic) bond motifs is 1. The van der Waals surface area contributed by atoms with Gasteiger partial charge in [0.2, 0.25) is 5.88 Å². The minimum absolute atomic E-state index is 0.651. The fourth-order valence-corrected chi connectivity index (χ4v) is 2.77. The van der Waals surface area contributed by atoms with E-state index in [-0.39, 0.29) is 0 Å². The van der Waals surface area contributed by atoms with Gasteiger partial charge in [-0.05, 0) is 29.2 Å². The molecule has 90 valence electrons. The number of rotatable bonds is 3. The van der Waals surface area contributed by atoms with Crippen molar-refractivity contribution in [2.24, 2.45) is 0 Å². The lowest BCUT2D eigenvalue weighted by Crippen LogP contribution is -1.89. The molecule has 2 aromatic carbocycles. The smallest absolute Gasteiger partial charge is 0.225 e. The molecule has 0 amide bonds. The highest BCUT2D eigenvalue weighted by atomic mass is 32.1. The maximum Gasteiger partial charge on any atom is 0.225 e. The molecule has 0 N–H and O–H groups in total. The van der Waals surface area contributed by atoms with Crippen LogP contribution in [0.5, 0.6) is 5.88 Å². The molecule has 0 bridgehead atoms. The minimum Gasteiger partial charge on any atom is -0.477 e. The van der Waals surface area contributed by atoms with Gasteiger partial charge in [-0.1, -0.05) is 42.5 Å². The molecule has 0 saturated heterocycles. The van der Waals surface area contributed by atoms with Gasteiger partial charge in [-0.15, -0.1) is 0 Å². The first-order chi connectivity index (χ1) is 8.88. The first kappa shape index (κ1) is 11.2. The van der Waals surface area contributed by atoms with Crippen LogP contribution in [-0.4, -0.2) is 11.0 Å². The van der Waals surface area contributed by atoms with E-state index in [2.05, 4.69) is 46.8 Å². The second kappa shape index (κ2) is 4.78. The highest BCUT2D eigenvalue weighted by molar-refractivity contribution is 7.09. The van der Waals surface area contributed by atoms with Crippen LogP contribution in [0.25, 0.3) is 21.2 Å². The third-order valence-corrected chi connectivity index (χ3v) is 3.64. The second-order valence-electron chi connectivity index (χ2n) is 3.99. The molecule has 18 heavy (non-hydrogen) atoms. The number of hydrogen-bond donors (Lipinski definition) is 0. The molecule has 0 atom stereocenters. The summed E-state index contributed by atoms with van der Waals surface area (Å²) in [6.45, 7) is 2.62. The van der Waals surface area contributed by atoms with E-state index in [1.54, 1.807) is 0 Å². The Kier molecular flexibility index (Phi) is 2.99. The Morgan fingerprint density at radius 2 is 1.94 bits per heavy atom. The molecular formula is C15H13NOS. The van der Waals surface area contributed by atoms with E-state index >= 15 is 0 Å². The summed E-state index contributed by atoms with van der Waals surface area (Å²) in [5.41, 5.74) is 1.22. The molecule has 0 fully saturated rings. The standard InChI is InChI=1S/C15H13NOS/c1-2-17-15-10-14(18-16-15)13-9-5-7-11-6-3-4-8-12(11)13/h3-10H,2H2,1H3. The van der Waals surface area contributed by atoms with E-state index in [0.29, 0.717) is 12.5 Å². The van der Waals surface area contributed by atoms with Gasteiger partial charge in [0, 0.05) is 11.6 Å². The van der Waals surface area contributed by atoms with Crippen molar-refractivity contribution in [1.29, 1.82) is 0 Å². The molecule has 3 heteroatoms. The summed E-state index contributed by atoms with van der Waals surface area (Å²) in [5.74, 6) is 0.713. The van der Waals surface area contributed by atoms with E-state index < -0.39 is 0 Å². The number of nitrogens with zero attached hydrogens (tertiary/aromatic N) is 1. The van der Waals surface area contributed by atoms with Crippen LogP contribution in [-0.2, 0) is 0 Å². The monoisotopic (exact) mass is 255 g/mol. The van der Waals surface area contributed by atoms with Crippen molar-refractivity contribution >= 4 is 22.3 Å². The van der Waals surface area contributed by atoms with Gasteiger partial charge in [0.05, 0.1) is 11.5 Å². The number of ether oxygens (including phenoxy) is 1. The quantitative estimate of drug-likeness (QED) is 0.693. The topological polar surface area (TPSA) is 22.1 Å². The van der Waals surface area contributed by atoms with Crippen LogP contribution in [0.2, 0.25) is 0 Å². The van der Waals surface area contributed by atoms with Crippen LogP contribution in [0, 0.1) is 0 Å². The molecule has 3 rings (SSSR count). The second-order valence-corrected chi connectivity index (χ2v) is 4.79. The van der Waals surface area contributed by atoms with E-state index in [0.717, 1.165) is 4.88 Å². The number of hydrogen-bond acceptors (Lipinski definition) is 3. The SMILES string of the molecule is CCOc1cc(-c2cccc3ccccc23)sn1.